The summed E-state index contributed by atoms with van der Waals surface area (Å²) < 4.78 is 0. The van der Waals surface area contributed by atoms with Gasteiger partial charge < -0.3 is 34.8 Å². The molecule has 0 atom stereocenters. The molecular formula is C16H24O10Zr. The predicted molar refractivity (Wildman–Crippen MR) is 80.7 cm³/mol. The van der Waals surface area contributed by atoms with Crippen LogP contribution in [0.4, 0.5) is 0 Å². The van der Waals surface area contributed by atoms with E-state index in [4.69, 9.17) is 0 Å². The standard InChI is InChI=1S/3C4H6O3.C4H9O.Zr/c3*1-3(5)2-4(6)7;1-2-3-4-5;/h3*2H2,1H3,(H,6,7);2-4H2,1H3;/q;;;-1;+4/p-3. The van der Waals surface area contributed by atoms with Crippen molar-refractivity contribution in [3.63, 3.8) is 0 Å². The first kappa shape index (κ1) is 36.2. The van der Waals surface area contributed by atoms with Crippen molar-refractivity contribution >= 4 is 35.3 Å². The van der Waals surface area contributed by atoms with E-state index >= 15 is 0 Å². The van der Waals surface area contributed by atoms with Gasteiger partial charge >= 0.3 is 26.2 Å². The molecule has 0 aliphatic heterocycles. The van der Waals surface area contributed by atoms with Crippen molar-refractivity contribution in [2.75, 3.05) is 6.61 Å². The van der Waals surface area contributed by atoms with Gasteiger partial charge in [0.05, 0.1) is 0 Å². The van der Waals surface area contributed by atoms with Crippen molar-refractivity contribution in [3.8, 4) is 0 Å². The number of unbranched alkanes of at least 4 members (excludes halogenated alkanes) is 1. The van der Waals surface area contributed by atoms with Crippen molar-refractivity contribution in [2.24, 2.45) is 0 Å². The number of ketones is 3. The third-order valence-electron chi connectivity index (χ3n) is 1.68. The number of carbonyl (C=O) groups is 6. The molecule has 27 heavy (non-hydrogen) atoms. The van der Waals surface area contributed by atoms with Gasteiger partial charge in [-0.15, -0.1) is 6.61 Å². The Hall–Kier alpha value is -1.74. The van der Waals surface area contributed by atoms with E-state index in [-0.39, 0.29) is 50.2 Å². The fraction of sp³-hybridized carbons (Fsp3) is 0.625. The van der Waals surface area contributed by atoms with E-state index in [0.29, 0.717) is 0 Å². The topological polar surface area (TPSA) is 195 Å². The molecule has 0 rings (SSSR count). The Labute approximate surface area is 177 Å². The minimum absolute atomic E-state index is 0. The summed E-state index contributed by atoms with van der Waals surface area (Å²) in [6.07, 6.45) is 0.448. The van der Waals surface area contributed by atoms with Crippen LogP contribution >= 0.6 is 0 Å². The van der Waals surface area contributed by atoms with Crippen molar-refractivity contribution < 1.29 is 75.4 Å². The van der Waals surface area contributed by atoms with E-state index in [1.54, 1.807) is 0 Å². The van der Waals surface area contributed by atoms with E-state index in [2.05, 4.69) is 0 Å². The minimum atomic E-state index is -1.31. The Bertz CT molecular complexity index is 360. The molecule has 11 heteroatoms. The molecule has 0 unspecified atom stereocenters. The molecule has 0 N–H and O–H groups in total. The molecule has 0 bridgehead atoms. The van der Waals surface area contributed by atoms with Crippen LogP contribution in [0.2, 0.25) is 0 Å². The summed E-state index contributed by atoms with van der Waals surface area (Å²) in [4.78, 5) is 57.9. The maximum Gasteiger partial charge on any atom is 4.00 e. The summed E-state index contributed by atoms with van der Waals surface area (Å²) in [5.74, 6) is -5.06. The largest absolute Gasteiger partial charge is 4.00 e. The van der Waals surface area contributed by atoms with Crippen LogP contribution in [-0.2, 0) is 55.0 Å². The second-order valence-corrected chi connectivity index (χ2v) is 4.81. The van der Waals surface area contributed by atoms with Gasteiger partial charge in [0, 0.05) is 37.2 Å². The number of Topliss-reactive ketones (excluding diaryl/α,β-unsaturated/α-hetero) is 3. The van der Waals surface area contributed by atoms with Crippen LogP contribution in [0.15, 0.2) is 0 Å². The van der Waals surface area contributed by atoms with E-state index in [0.717, 1.165) is 12.8 Å². The van der Waals surface area contributed by atoms with Gasteiger partial charge in [-0.1, -0.05) is 19.8 Å². The Balaban J connectivity index is -0.0000000793. The summed E-state index contributed by atoms with van der Waals surface area (Å²) in [6, 6.07) is 0. The second-order valence-electron chi connectivity index (χ2n) is 4.81. The molecule has 0 aliphatic carbocycles. The van der Waals surface area contributed by atoms with Crippen LogP contribution < -0.4 is 20.4 Å². The van der Waals surface area contributed by atoms with Gasteiger partial charge in [-0.3, -0.25) is 14.4 Å². The molecule has 0 aromatic carbocycles. The first-order chi connectivity index (χ1) is 11.8. The summed E-state index contributed by atoms with van der Waals surface area (Å²) in [5.41, 5.74) is 0. The average Bonchev–Trinajstić information content (AvgIpc) is 2.36. The van der Waals surface area contributed by atoms with Crippen LogP contribution in [0.25, 0.3) is 0 Å². The first-order valence-electron chi connectivity index (χ1n) is 7.45. The van der Waals surface area contributed by atoms with E-state index < -0.39 is 37.2 Å². The number of carboxylic acids is 3. The molecule has 0 amide bonds. The first-order valence-corrected chi connectivity index (χ1v) is 7.45. The quantitative estimate of drug-likeness (QED) is 0.320. The molecule has 0 aromatic rings. The molecular weight excluding hydrogens is 443 g/mol. The Morgan fingerprint density at radius 3 is 0.852 bits per heavy atom. The van der Waals surface area contributed by atoms with Crippen molar-refractivity contribution in [3.05, 3.63) is 0 Å². The SMILES string of the molecule is CC(=O)CC(=O)[O-].CC(=O)CC(=O)[O-].CC(=O)CC(=O)[O-].CCCC[O-].[Zr+4]. The number of rotatable bonds is 8. The molecule has 10 nitrogen and oxygen atoms in total. The molecule has 0 aromatic heterocycles. The fourth-order valence-corrected chi connectivity index (χ4v) is 0.754. The van der Waals surface area contributed by atoms with Gasteiger partial charge in [-0.05, 0) is 20.8 Å². The molecule has 0 saturated heterocycles. The third-order valence-corrected chi connectivity index (χ3v) is 1.68. The van der Waals surface area contributed by atoms with Gasteiger partial charge in [-0.25, -0.2) is 0 Å². The van der Waals surface area contributed by atoms with E-state index in [9.17, 15) is 49.2 Å². The van der Waals surface area contributed by atoms with Gasteiger partial charge in [0.15, 0.2) is 0 Å². The van der Waals surface area contributed by atoms with Crippen LogP contribution in [0.3, 0.4) is 0 Å². The molecule has 0 radical (unpaired) electrons. The van der Waals surface area contributed by atoms with Gasteiger partial charge in [0.2, 0.25) is 0 Å². The molecule has 0 saturated carbocycles. The fourth-order valence-electron chi connectivity index (χ4n) is 0.754. The average molecular weight is 468 g/mol. The van der Waals surface area contributed by atoms with Crippen LogP contribution in [0.5, 0.6) is 0 Å². The number of aliphatic carboxylic acids is 3. The Morgan fingerprint density at radius 1 is 0.630 bits per heavy atom. The van der Waals surface area contributed by atoms with E-state index in [1.807, 2.05) is 6.92 Å². The smallest absolute Gasteiger partial charge is 0.854 e. The van der Waals surface area contributed by atoms with E-state index in [1.165, 1.54) is 20.8 Å². The summed E-state index contributed by atoms with van der Waals surface area (Å²) in [7, 11) is 0. The maximum absolute atomic E-state index is 9.83. The van der Waals surface area contributed by atoms with Crippen molar-refractivity contribution in [1.82, 2.24) is 0 Å². The third kappa shape index (κ3) is 80.0. The maximum atomic E-state index is 9.83. The molecule has 152 valence electrons. The van der Waals surface area contributed by atoms with Gasteiger partial charge in [0.25, 0.3) is 0 Å². The van der Waals surface area contributed by atoms with Crippen LogP contribution in [0, 0.1) is 0 Å². The molecule has 0 heterocycles. The normalized spacial score (nSPS) is 7.89. The zero-order chi connectivity index (χ0) is 21.7. The monoisotopic (exact) mass is 466 g/mol. The second kappa shape index (κ2) is 26.5. The van der Waals surface area contributed by atoms with Crippen LogP contribution in [0.1, 0.15) is 59.8 Å². The molecule has 0 aliphatic rings. The number of carbonyl (C=O) groups excluding carboxylic acids is 6. The zero-order valence-electron chi connectivity index (χ0n) is 15.8. The molecule has 0 fully saturated rings. The summed E-state index contributed by atoms with van der Waals surface area (Å²) in [6.45, 7) is 5.72. The number of carboxylic acid groups (broad SMARTS) is 3. The summed E-state index contributed by atoms with van der Waals surface area (Å²) in [5, 5.41) is 38.0. The number of hydrogen-bond donors (Lipinski definition) is 0. The summed E-state index contributed by atoms with van der Waals surface area (Å²) >= 11 is 0. The molecule has 0 spiro atoms. The Kier molecular flexibility index (Phi) is 35.5. The van der Waals surface area contributed by atoms with Crippen LogP contribution in [-0.4, -0.2) is 41.9 Å². The predicted octanol–water partition coefficient (Wildman–Crippen LogP) is -3.71. The minimum Gasteiger partial charge on any atom is -0.854 e. The van der Waals surface area contributed by atoms with Crippen molar-refractivity contribution in [1.29, 1.82) is 0 Å². The van der Waals surface area contributed by atoms with Crippen molar-refractivity contribution in [2.45, 2.75) is 59.8 Å². The zero-order valence-corrected chi connectivity index (χ0v) is 18.3. The van der Waals surface area contributed by atoms with Gasteiger partial charge in [-0.2, -0.15) is 0 Å². The number of hydrogen-bond acceptors (Lipinski definition) is 10. The Morgan fingerprint density at radius 2 is 0.852 bits per heavy atom. The van der Waals surface area contributed by atoms with Gasteiger partial charge in [0.1, 0.15) is 17.3 Å².